The van der Waals surface area contributed by atoms with Gasteiger partial charge in [0.2, 0.25) is 0 Å². The summed E-state index contributed by atoms with van der Waals surface area (Å²) in [6.07, 6.45) is 1.20. The molecule has 3 N–H and O–H groups in total. The molecule has 0 heterocycles. The first kappa shape index (κ1) is 21.4. The summed E-state index contributed by atoms with van der Waals surface area (Å²) in [5.74, 6) is -2.91. The minimum atomic E-state index is -2.07. The Morgan fingerprint density at radius 2 is 1.86 bits per heavy atom. The Bertz CT molecular complexity index is 400. The number of carboxylic acids is 1. The maximum Gasteiger partial charge on any atom is 0.334 e. The van der Waals surface area contributed by atoms with E-state index < -0.39 is 29.4 Å². The van der Waals surface area contributed by atoms with Crippen LogP contribution in [0.1, 0.15) is 20.3 Å². The standard InChI is InChI=1S/C7H9ClO5.C5H8O3/c1-2-7(8,12)13-6(11)4-3-5(9)10;1-3-5(7)8-4(2)6/h3-4,12H,2H2,1H3,(H,9,10);3-4,6H,1H2,2H3/b4-3-;. The van der Waals surface area contributed by atoms with E-state index in [1.165, 1.54) is 13.8 Å². The topological polar surface area (TPSA) is 130 Å². The van der Waals surface area contributed by atoms with Crippen LogP contribution in [0.2, 0.25) is 0 Å². The number of carbonyl (C=O) groups excluding carboxylic acids is 2. The molecule has 0 amide bonds. The van der Waals surface area contributed by atoms with Crippen molar-refractivity contribution in [2.45, 2.75) is 31.8 Å². The average molecular weight is 325 g/mol. The number of rotatable bonds is 6. The minimum absolute atomic E-state index is 0.00120. The molecule has 0 saturated heterocycles. The number of aliphatic carboxylic acids is 1. The van der Waals surface area contributed by atoms with Gasteiger partial charge in [0, 0.05) is 24.6 Å². The van der Waals surface area contributed by atoms with Crippen molar-refractivity contribution < 1.29 is 39.2 Å². The smallest absolute Gasteiger partial charge is 0.334 e. The normalized spacial score (nSPS) is 14.1. The maximum atomic E-state index is 10.7. The third-order valence-corrected chi connectivity index (χ3v) is 1.85. The lowest BCUT2D eigenvalue weighted by molar-refractivity contribution is -0.173. The van der Waals surface area contributed by atoms with Gasteiger partial charge in [-0.15, -0.1) is 0 Å². The number of carbonyl (C=O) groups is 3. The van der Waals surface area contributed by atoms with Gasteiger partial charge in [-0.1, -0.05) is 13.5 Å². The molecular formula is C12H17ClO8. The van der Waals surface area contributed by atoms with Crippen LogP contribution in [0.25, 0.3) is 0 Å². The van der Waals surface area contributed by atoms with E-state index in [4.69, 9.17) is 26.9 Å². The monoisotopic (exact) mass is 324 g/mol. The van der Waals surface area contributed by atoms with Crippen LogP contribution in [-0.4, -0.2) is 44.8 Å². The third-order valence-electron chi connectivity index (χ3n) is 1.51. The first-order valence-electron chi connectivity index (χ1n) is 5.60. The highest BCUT2D eigenvalue weighted by Gasteiger charge is 2.24. The third kappa shape index (κ3) is 16.0. The summed E-state index contributed by atoms with van der Waals surface area (Å²) in [5, 5.41) is 23.4. The van der Waals surface area contributed by atoms with Crippen molar-refractivity contribution in [1.82, 2.24) is 0 Å². The Balaban J connectivity index is 0. The molecule has 0 aromatic carbocycles. The van der Waals surface area contributed by atoms with Gasteiger partial charge >= 0.3 is 17.9 Å². The maximum absolute atomic E-state index is 10.7. The van der Waals surface area contributed by atoms with E-state index in [0.717, 1.165) is 6.08 Å². The zero-order valence-corrected chi connectivity index (χ0v) is 12.2. The SMILES string of the molecule is C=CC(=O)OC(C)O.CCC(O)(Cl)OC(=O)/C=C\C(=O)O. The molecule has 0 aliphatic rings. The largest absolute Gasteiger partial charge is 0.478 e. The van der Waals surface area contributed by atoms with Crippen LogP contribution < -0.4 is 0 Å². The summed E-state index contributed by atoms with van der Waals surface area (Å²) in [6.45, 7) is 5.98. The fraction of sp³-hybridized carbons (Fsp3) is 0.417. The van der Waals surface area contributed by atoms with Crippen molar-refractivity contribution in [3.8, 4) is 0 Å². The first-order chi connectivity index (χ1) is 9.53. The quantitative estimate of drug-likeness (QED) is 0.279. The Kier molecular flexibility index (Phi) is 11.0. The molecule has 0 rings (SSSR count). The molecule has 120 valence electrons. The number of hydrogen-bond acceptors (Lipinski definition) is 7. The predicted octanol–water partition coefficient (Wildman–Crippen LogP) is 0.519. The molecular weight excluding hydrogens is 308 g/mol. The van der Waals surface area contributed by atoms with Crippen molar-refractivity contribution in [3.63, 3.8) is 0 Å². The van der Waals surface area contributed by atoms with Gasteiger partial charge in [0.15, 0.2) is 6.29 Å². The lowest BCUT2D eigenvalue weighted by Crippen LogP contribution is -2.26. The fourth-order valence-corrected chi connectivity index (χ4v) is 0.692. The lowest BCUT2D eigenvalue weighted by atomic mass is 10.4. The molecule has 0 spiro atoms. The summed E-state index contributed by atoms with van der Waals surface area (Å²) in [7, 11) is 0. The van der Waals surface area contributed by atoms with Gasteiger partial charge in [0.25, 0.3) is 5.25 Å². The van der Waals surface area contributed by atoms with Crippen LogP contribution in [0.15, 0.2) is 24.8 Å². The molecule has 0 aliphatic carbocycles. The van der Waals surface area contributed by atoms with Gasteiger partial charge in [-0.05, 0) is 18.5 Å². The summed E-state index contributed by atoms with van der Waals surface area (Å²) in [4.78, 5) is 30.8. The average Bonchev–Trinajstić information content (AvgIpc) is 2.35. The summed E-state index contributed by atoms with van der Waals surface area (Å²) in [5.41, 5.74) is 0. The van der Waals surface area contributed by atoms with E-state index in [2.05, 4.69) is 16.1 Å². The van der Waals surface area contributed by atoms with Gasteiger partial charge in [-0.25, -0.2) is 14.4 Å². The van der Waals surface area contributed by atoms with Gasteiger partial charge in [-0.3, -0.25) is 0 Å². The summed E-state index contributed by atoms with van der Waals surface area (Å²) < 4.78 is 8.47. The zero-order chi connectivity index (χ0) is 17.1. The summed E-state index contributed by atoms with van der Waals surface area (Å²) in [6, 6.07) is 0. The van der Waals surface area contributed by atoms with E-state index in [1.54, 1.807) is 0 Å². The molecule has 0 aromatic rings. The predicted molar refractivity (Wildman–Crippen MR) is 71.9 cm³/mol. The van der Waals surface area contributed by atoms with Crippen LogP contribution in [0.5, 0.6) is 0 Å². The molecule has 21 heavy (non-hydrogen) atoms. The minimum Gasteiger partial charge on any atom is -0.478 e. The van der Waals surface area contributed by atoms with Crippen molar-refractivity contribution in [1.29, 1.82) is 0 Å². The van der Waals surface area contributed by atoms with Crippen molar-refractivity contribution in [3.05, 3.63) is 24.8 Å². The van der Waals surface area contributed by atoms with Crippen LogP contribution in [0.3, 0.4) is 0 Å². The first-order valence-corrected chi connectivity index (χ1v) is 5.98. The van der Waals surface area contributed by atoms with Crippen molar-refractivity contribution >= 4 is 29.5 Å². The fourth-order valence-electron chi connectivity index (χ4n) is 0.616. The number of hydrogen-bond donors (Lipinski definition) is 3. The van der Waals surface area contributed by atoms with Gasteiger partial charge in [0.05, 0.1) is 0 Å². The van der Waals surface area contributed by atoms with E-state index in [9.17, 15) is 14.4 Å². The highest BCUT2D eigenvalue weighted by atomic mass is 35.5. The van der Waals surface area contributed by atoms with Gasteiger partial charge in [-0.2, -0.15) is 0 Å². The van der Waals surface area contributed by atoms with Gasteiger partial charge in [0.1, 0.15) is 0 Å². The Morgan fingerprint density at radius 1 is 1.33 bits per heavy atom. The van der Waals surface area contributed by atoms with Crippen LogP contribution in [0.4, 0.5) is 0 Å². The van der Waals surface area contributed by atoms with Crippen LogP contribution in [0, 0.1) is 0 Å². The second-order valence-electron chi connectivity index (χ2n) is 3.38. The number of alkyl halides is 1. The molecule has 0 bridgehead atoms. The highest BCUT2D eigenvalue weighted by molar-refractivity contribution is 6.22. The molecule has 0 saturated carbocycles. The molecule has 0 fully saturated rings. The molecule has 0 radical (unpaired) electrons. The van der Waals surface area contributed by atoms with Gasteiger partial charge < -0.3 is 24.8 Å². The number of carboxylic acid groups (broad SMARTS) is 1. The Labute approximate surface area is 126 Å². The van der Waals surface area contributed by atoms with Crippen molar-refractivity contribution in [2.24, 2.45) is 0 Å². The molecule has 0 aromatic heterocycles. The van der Waals surface area contributed by atoms with Crippen LogP contribution >= 0.6 is 11.6 Å². The summed E-state index contributed by atoms with van der Waals surface area (Å²) >= 11 is 5.26. The number of halogens is 1. The van der Waals surface area contributed by atoms with E-state index in [0.29, 0.717) is 12.2 Å². The number of aliphatic hydroxyl groups is 2. The van der Waals surface area contributed by atoms with Crippen molar-refractivity contribution in [2.75, 3.05) is 0 Å². The molecule has 8 nitrogen and oxygen atoms in total. The molecule has 2 atom stereocenters. The Morgan fingerprint density at radius 3 is 2.14 bits per heavy atom. The number of aliphatic hydroxyl groups excluding tert-OH is 1. The van der Waals surface area contributed by atoms with E-state index >= 15 is 0 Å². The zero-order valence-electron chi connectivity index (χ0n) is 11.5. The Hall–Kier alpha value is -1.90. The lowest BCUT2D eigenvalue weighted by Gasteiger charge is -2.17. The van der Waals surface area contributed by atoms with Crippen LogP contribution in [-0.2, 0) is 23.9 Å². The second kappa shape index (κ2) is 10.8. The molecule has 9 heteroatoms. The molecule has 0 aliphatic heterocycles. The highest BCUT2D eigenvalue weighted by Crippen LogP contribution is 2.17. The number of ether oxygens (including phenoxy) is 2. The van der Waals surface area contributed by atoms with E-state index in [-0.39, 0.29) is 6.42 Å². The number of esters is 2. The van der Waals surface area contributed by atoms with E-state index in [1.807, 2.05) is 0 Å². The second-order valence-corrected chi connectivity index (χ2v) is 3.97. The molecule has 2 unspecified atom stereocenters.